The van der Waals surface area contributed by atoms with E-state index >= 15 is 0 Å². The Morgan fingerprint density at radius 2 is 1.94 bits per heavy atom. The summed E-state index contributed by atoms with van der Waals surface area (Å²) in [5, 5.41) is 4.80. The predicted octanol–water partition coefficient (Wildman–Crippen LogP) is 5.88. The highest BCUT2D eigenvalue weighted by Crippen LogP contribution is 2.25. The highest BCUT2D eigenvalue weighted by atomic mass is 16.3. The molecule has 2 aromatic carbocycles. The Morgan fingerprint density at radius 3 is 2.71 bits per heavy atom. The maximum Gasteiger partial charge on any atom is 0.272 e. The van der Waals surface area contributed by atoms with Gasteiger partial charge in [0, 0.05) is 17.2 Å². The quantitative estimate of drug-likeness (QED) is 0.306. The van der Waals surface area contributed by atoms with Gasteiger partial charge in [0.25, 0.3) is 5.91 Å². The van der Waals surface area contributed by atoms with Gasteiger partial charge in [-0.2, -0.15) is 5.10 Å². The summed E-state index contributed by atoms with van der Waals surface area (Å²) in [6.45, 7) is 2.17. The minimum absolute atomic E-state index is 0.287. The summed E-state index contributed by atoms with van der Waals surface area (Å²) < 4.78 is 5.21. The van der Waals surface area contributed by atoms with E-state index in [2.05, 4.69) is 41.7 Å². The molecule has 2 aromatic heterocycles. The van der Waals surface area contributed by atoms with Crippen molar-refractivity contribution in [3.05, 3.63) is 96.0 Å². The molecule has 1 N–H and O–H groups in total. The fourth-order valence-corrected chi connectivity index (χ4v) is 3.37. The van der Waals surface area contributed by atoms with Gasteiger partial charge in [0.05, 0.1) is 23.0 Å². The Labute approximate surface area is 181 Å². The number of carbonyl (C=O) groups is 1. The summed E-state index contributed by atoms with van der Waals surface area (Å²) in [6.07, 6.45) is 8.73. The third-order valence-corrected chi connectivity index (χ3v) is 4.88. The van der Waals surface area contributed by atoms with E-state index in [0.29, 0.717) is 11.3 Å². The van der Waals surface area contributed by atoms with Gasteiger partial charge in [-0.15, -0.1) is 0 Å². The zero-order valence-corrected chi connectivity index (χ0v) is 17.3. The third kappa shape index (κ3) is 4.95. The van der Waals surface area contributed by atoms with Crippen molar-refractivity contribution in [3.63, 3.8) is 0 Å². The van der Waals surface area contributed by atoms with Crippen molar-refractivity contribution >= 4 is 29.1 Å². The maximum atomic E-state index is 12.9. The summed E-state index contributed by atoms with van der Waals surface area (Å²) in [6, 6.07) is 21.4. The number of hydrogen-bond donors (Lipinski definition) is 1. The van der Waals surface area contributed by atoms with Crippen molar-refractivity contribution in [2.45, 2.75) is 19.8 Å². The molecule has 31 heavy (non-hydrogen) atoms. The molecule has 0 bridgehead atoms. The number of pyridine rings is 1. The molecule has 1 amide bonds. The highest BCUT2D eigenvalue weighted by Gasteiger charge is 2.13. The molecule has 5 nitrogen and oxygen atoms in total. The Morgan fingerprint density at radius 1 is 1.10 bits per heavy atom. The molecular formula is C26H23N3O2. The molecule has 4 rings (SSSR count). The number of para-hydroxylation sites is 1. The molecule has 0 fully saturated rings. The van der Waals surface area contributed by atoms with Crippen LogP contribution in [-0.4, -0.2) is 17.1 Å². The van der Waals surface area contributed by atoms with Crippen LogP contribution in [0.5, 0.6) is 0 Å². The topological polar surface area (TPSA) is 67.5 Å². The van der Waals surface area contributed by atoms with Gasteiger partial charge < -0.3 is 4.42 Å². The van der Waals surface area contributed by atoms with Gasteiger partial charge >= 0.3 is 0 Å². The van der Waals surface area contributed by atoms with Crippen LogP contribution in [0, 0.1) is 0 Å². The molecule has 5 heteroatoms. The normalized spacial score (nSPS) is 11.5. The number of aryl methyl sites for hydroxylation is 1. The molecule has 0 saturated heterocycles. The van der Waals surface area contributed by atoms with Gasteiger partial charge in [-0.05, 0) is 48.4 Å². The van der Waals surface area contributed by atoms with Crippen LogP contribution in [0.1, 0.15) is 35.0 Å². The molecule has 4 aromatic rings. The SMILES string of the molecule is CCCc1ccc(-c2cc(C(=O)NN=C/C=C/c3ccco3)c3ccccc3n2)cc1. The van der Waals surface area contributed by atoms with E-state index in [9.17, 15) is 4.79 Å². The van der Waals surface area contributed by atoms with Gasteiger partial charge in [0.15, 0.2) is 0 Å². The largest absolute Gasteiger partial charge is 0.465 e. The highest BCUT2D eigenvalue weighted by molar-refractivity contribution is 6.07. The van der Waals surface area contributed by atoms with E-state index in [1.54, 1.807) is 18.4 Å². The molecule has 0 aliphatic rings. The van der Waals surface area contributed by atoms with E-state index in [0.717, 1.165) is 35.0 Å². The Balaban J connectivity index is 1.59. The van der Waals surface area contributed by atoms with Crippen LogP contribution >= 0.6 is 0 Å². The van der Waals surface area contributed by atoms with Crippen LogP contribution in [0.4, 0.5) is 0 Å². The second kappa shape index (κ2) is 9.67. The zero-order chi connectivity index (χ0) is 21.5. The molecular weight excluding hydrogens is 386 g/mol. The lowest BCUT2D eigenvalue weighted by molar-refractivity contribution is 0.0957. The lowest BCUT2D eigenvalue weighted by Gasteiger charge is -2.09. The van der Waals surface area contributed by atoms with Crippen LogP contribution in [0.15, 0.2) is 88.6 Å². The average Bonchev–Trinajstić information content (AvgIpc) is 3.32. The second-order valence-corrected chi connectivity index (χ2v) is 7.11. The smallest absolute Gasteiger partial charge is 0.272 e. The molecule has 2 heterocycles. The number of fused-ring (bicyclic) bond motifs is 1. The Kier molecular flexibility index (Phi) is 6.33. The van der Waals surface area contributed by atoms with Crippen molar-refractivity contribution in [3.8, 4) is 11.3 Å². The van der Waals surface area contributed by atoms with Crippen LogP contribution < -0.4 is 5.43 Å². The number of benzene rings is 2. The Hall–Kier alpha value is -3.99. The first-order chi connectivity index (χ1) is 15.2. The lowest BCUT2D eigenvalue weighted by atomic mass is 10.0. The third-order valence-electron chi connectivity index (χ3n) is 4.88. The van der Waals surface area contributed by atoms with E-state index < -0.39 is 0 Å². The monoisotopic (exact) mass is 409 g/mol. The zero-order valence-electron chi connectivity index (χ0n) is 17.3. The standard InChI is InChI=1S/C26H23N3O2/c1-2-7-19-12-14-20(15-13-19)25-18-23(22-10-3-4-11-24(22)28-25)26(30)29-27-16-5-8-21-9-6-17-31-21/h3-6,8-18H,2,7H2,1H3,(H,29,30)/b8-5+,27-16?. The number of furan rings is 1. The first kappa shape index (κ1) is 20.3. The lowest BCUT2D eigenvalue weighted by Crippen LogP contribution is -2.18. The molecule has 0 aliphatic carbocycles. The number of nitrogens with zero attached hydrogens (tertiary/aromatic N) is 2. The number of carbonyl (C=O) groups excluding carboxylic acids is 1. The van der Waals surface area contributed by atoms with Gasteiger partial charge in [0.2, 0.25) is 0 Å². The fraction of sp³-hybridized carbons (Fsp3) is 0.115. The van der Waals surface area contributed by atoms with E-state index in [1.807, 2.05) is 42.5 Å². The number of rotatable bonds is 7. The van der Waals surface area contributed by atoms with Crippen molar-refractivity contribution in [1.82, 2.24) is 10.4 Å². The van der Waals surface area contributed by atoms with Crippen molar-refractivity contribution in [2.75, 3.05) is 0 Å². The van der Waals surface area contributed by atoms with Gasteiger partial charge in [-0.25, -0.2) is 10.4 Å². The number of nitrogens with one attached hydrogen (secondary N) is 1. The number of amides is 1. The molecule has 0 spiro atoms. The number of hydrogen-bond acceptors (Lipinski definition) is 4. The molecule has 0 unspecified atom stereocenters. The van der Waals surface area contributed by atoms with Crippen LogP contribution in [-0.2, 0) is 6.42 Å². The summed E-state index contributed by atoms with van der Waals surface area (Å²) in [5.41, 5.74) is 6.93. The molecule has 0 saturated carbocycles. The van der Waals surface area contributed by atoms with E-state index in [-0.39, 0.29) is 5.91 Å². The van der Waals surface area contributed by atoms with Crippen LogP contribution in [0.3, 0.4) is 0 Å². The minimum atomic E-state index is -0.287. The van der Waals surface area contributed by atoms with Gasteiger partial charge in [-0.1, -0.05) is 55.8 Å². The first-order valence-corrected chi connectivity index (χ1v) is 10.3. The second-order valence-electron chi connectivity index (χ2n) is 7.11. The summed E-state index contributed by atoms with van der Waals surface area (Å²) >= 11 is 0. The van der Waals surface area contributed by atoms with Crippen molar-refractivity contribution in [1.29, 1.82) is 0 Å². The predicted molar refractivity (Wildman–Crippen MR) is 125 cm³/mol. The molecule has 0 aliphatic heterocycles. The molecule has 0 atom stereocenters. The van der Waals surface area contributed by atoms with Crippen molar-refractivity contribution in [2.24, 2.45) is 5.10 Å². The maximum absolute atomic E-state index is 12.9. The van der Waals surface area contributed by atoms with Crippen LogP contribution in [0.25, 0.3) is 28.2 Å². The Bertz CT molecular complexity index is 1220. The average molecular weight is 409 g/mol. The van der Waals surface area contributed by atoms with Gasteiger partial charge in [0.1, 0.15) is 5.76 Å². The number of aromatic nitrogens is 1. The summed E-state index contributed by atoms with van der Waals surface area (Å²) in [7, 11) is 0. The fourth-order valence-electron chi connectivity index (χ4n) is 3.37. The number of allylic oxidation sites excluding steroid dienone is 1. The number of hydrazone groups is 1. The van der Waals surface area contributed by atoms with Crippen molar-refractivity contribution < 1.29 is 9.21 Å². The first-order valence-electron chi connectivity index (χ1n) is 10.3. The summed E-state index contributed by atoms with van der Waals surface area (Å²) in [4.78, 5) is 17.6. The minimum Gasteiger partial charge on any atom is -0.465 e. The van der Waals surface area contributed by atoms with E-state index in [1.165, 1.54) is 11.8 Å². The molecule has 0 radical (unpaired) electrons. The van der Waals surface area contributed by atoms with Gasteiger partial charge in [-0.3, -0.25) is 4.79 Å². The van der Waals surface area contributed by atoms with Crippen LogP contribution in [0.2, 0.25) is 0 Å². The summed E-state index contributed by atoms with van der Waals surface area (Å²) in [5.74, 6) is 0.428. The van der Waals surface area contributed by atoms with E-state index in [4.69, 9.17) is 9.40 Å². The molecule has 154 valence electrons.